The average Bonchev–Trinajstić information content (AvgIpc) is 2.94. The van der Waals surface area contributed by atoms with Gasteiger partial charge in [-0.15, -0.1) is 0 Å². The number of carbonyl (C=O) groups is 2. The number of nitrogens with zero attached hydrogens (tertiary/aromatic N) is 1. The van der Waals surface area contributed by atoms with Gasteiger partial charge in [-0.25, -0.2) is 0 Å². The van der Waals surface area contributed by atoms with Gasteiger partial charge in [0.15, 0.2) is 0 Å². The van der Waals surface area contributed by atoms with Gasteiger partial charge in [0, 0.05) is 6.54 Å². The van der Waals surface area contributed by atoms with Crippen LogP contribution >= 0.6 is 0 Å². The summed E-state index contributed by atoms with van der Waals surface area (Å²) in [5, 5.41) is 0. The van der Waals surface area contributed by atoms with Gasteiger partial charge in [-0.05, 0) is 18.6 Å². The lowest BCUT2D eigenvalue weighted by Crippen LogP contribution is -2.31. The van der Waals surface area contributed by atoms with Crippen molar-refractivity contribution in [3.63, 3.8) is 0 Å². The van der Waals surface area contributed by atoms with E-state index in [0.717, 1.165) is 31.2 Å². The molecule has 120 valence electrons. The molecule has 1 aromatic rings. The highest BCUT2D eigenvalue weighted by Crippen LogP contribution is 2.50. The predicted molar refractivity (Wildman–Crippen MR) is 92.2 cm³/mol. The molecule has 4 heteroatoms. The largest absolute Gasteiger partial charge is 0.274 e. The maximum Gasteiger partial charge on any atom is 0.261 e. The van der Waals surface area contributed by atoms with Crippen LogP contribution in [0.25, 0.3) is 0 Å². The van der Waals surface area contributed by atoms with Crippen LogP contribution in [0.5, 0.6) is 0 Å². The van der Waals surface area contributed by atoms with Gasteiger partial charge < -0.3 is 0 Å². The number of hydrogen-bond acceptors (Lipinski definition) is 2. The molecule has 3 nitrogen and oxygen atoms in total. The highest BCUT2D eigenvalue weighted by Gasteiger charge is 2.41. The first-order valence-corrected chi connectivity index (χ1v) is 9.21. The molecule has 0 radical (unpaired) electrons. The van der Waals surface area contributed by atoms with Crippen molar-refractivity contribution in [1.82, 2.24) is 4.90 Å². The topological polar surface area (TPSA) is 37.4 Å². The first-order valence-electron chi connectivity index (χ1n) is 9.21. The van der Waals surface area contributed by atoms with E-state index in [9.17, 15) is 9.59 Å². The molecule has 0 aromatic heterocycles. The molecule has 0 saturated carbocycles. The number of rotatable bonds is 5. The van der Waals surface area contributed by atoms with E-state index in [1.165, 1.54) is 43.3 Å². The fourth-order valence-electron chi connectivity index (χ4n) is 5.16. The zero-order valence-electron chi connectivity index (χ0n) is 13.7. The summed E-state index contributed by atoms with van der Waals surface area (Å²) in [4.78, 5) is 26.1. The zero-order chi connectivity index (χ0) is 15.8. The van der Waals surface area contributed by atoms with Gasteiger partial charge in [-0.1, -0.05) is 68.6 Å². The fourth-order valence-corrected chi connectivity index (χ4v) is 5.16. The molecule has 0 aliphatic carbocycles. The molecule has 3 aliphatic rings. The standard InChI is InChI=1S/C19H24BNO2/c22-18-16-8-1-2-9-17(16)19(23)21(18)13-4-3-12-20-14-6-5-7-15(20)11-10-14/h1-2,8-9,14-15H,3-7,10-13H2. The highest BCUT2D eigenvalue weighted by molar-refractivity contribution is 6.63. The minimum Gasteiger partial charge on any atom is -0.274 e. The second kappa shape index (κ2) is 6.14. The second-order valence-corrected chi connectivity index (χ2v) is 7.50. The van der Waals surface area contributed by atoms with Gasteiger partial charge in [0.25, 0.3) is 11.8 Å². The van der Waals surface area contributed by atoms with E-state index in [2.05, 4.69) is 0 Å². The van der Waals surface area contributed by atoms with Gasteiger partial charge in [-0.2, -0.15) is 0 Å². The molecule has 2 atom stereocenters. The molecule has 2 unspecified atom stereocenters. The van der Waals surface area contributed by atoms with Crippen molar-refractivity contribution in [3.05, 3.63) is 35.4 Å². The molecule has 2 saturated heterocycles. The molecule has 3 heterocycles. The van der Waals surface area contributed by atoms with Crippen LogP contribution < -0.4 is 0 Å². The lowest BCUT2D eigenvalue weighted by Gasteiger charge is -2.27. The van der Waals surface area contributed by atoms with Crippen molar-refractivity contribution >= 4 is 18.5 Å². The van der Waals surface area contributed by atoms with Crippen LogP contribution in [0.4, 0.5) is 0 Å². The van der Waals surface area contributed by atoms with Crippen molar-refractivity contribution in [2.75, 3.05) is 6.54 Å². The zero-order valence-corrected chi connectivity index (χ0v) is 13.7. The van der Waals surface area contributed by atoms with Gasteiger partial charge >= 0.3 is 0 Å². The van der Waals surface area contributed by atoms with Crippen LogP contribution in [-0.4, -0.2) is 30.0 Å². The Bertz CT molecular complexity index is 579. The molecule has 1 aromatic carbocycles. The first-order chi connectivity index (χ1) is 11.3. The van der Waals surface area contributed by atoms with Crippen LogP contribution in [-0.2, 0) is 0 Å². The van der Waals surface area contributed by atoms with Crippen molar-refractivity contribution < 1.29 is 9.59 Å². The van der Waals surface area contributed by atoms with Gasteiger partial charge in [0.1, 0.15) is 6.71 Å². The maximum atomic E-state index is 12.3. The molecule has 3 aliphatic heterocycles. The normalized spacial score (nSPS) is 26.1. The Morgan fingerprint density at radius 1 is 0.913 bits per heavy atom. The highest BCUT2D eigenvalue weighted by atomic mass is 16.2. The van der Waals surface area contributed by atoms with E-state index in [-0.39, 0.29) is 11.8 Å². The van der Waals surface area contributed by atoms with Crippen molar-refractivity contribution in [2.45, 2.75) is 62.9 Å². The third-order valence-corrected chi connectivity index (χ3v) is 6.32. The summed E-state index contributed by atoms with van der Waals surface area (Å²) in [6.07, 6.45) is 10.5. The Morgan fingerprint density at radius 3 is 2.13 bits per heavy atom. The first kappa shape index (κ1) is 15.0. The third kappa shape index (κ3) is 2.62. The van der Waals surface area contributed by atoms with E-state index >= 15 is 0 Å². The van der Waals surface area contributed by atoms with Gasteiger partial charge in [0.2, 0.25) is 0 Å². The lowest BCUT2D eigenvalue weighted by atomic mass is 9.32. The Hall–Kier alpha value is -1.58. The minimum atomic E-state index is -0.108. The van der Waals surface area contributed by atoms with Crippen molar-refractivity contribution in [1.29, 1.82) is 0 Å². The SMILES string of the molecule is O=C1c2ccccc2C(=O)N1CCCCB1C2CCCC1CC2. The maximum absolute atomic E-state index is 12.3. The van der Waals surface area contributed by atoms with Gasteiger partial charge in [-0.3, -0.25) is 14.5 Å². The molecular formula is C19H24BNO2. The summed E-state index contributed by atoms with van der Waals surface area (Å²) in [6, 6.07) is 7.17. The number of unbranched alkanes of at least 4 members (excludes halogenated alkanes) is 1. The average molecular weight is 309 g/mol. The quantitative estimate of drug-likeness (QED) is 0.462. The molecule has 2 fully saturated rings. The number of benzene rings is 1. The predicted octanol–water partition coefficient (Wildman–Crippen LogP) is 4.28. The summed E-state index contributed by atoms with van der Waals surface area (Å²) in [6.45, 7) is 1.50. The van der Waals surface area contributed by atoms with E-state index in [0.29, 0.717) is 17.7 Å². The Kier molecular flexibility index (Phi) is 4.00. The molecule has 0 spiro atoms. The fraction of sp³-hybridized carbons (Fsp3) is 0.579. The number of hydrogen-bond donors (Lipinski definition) is 0. The Labute approximate surface area is 138 Å². The molecule has 4 rings (SSSR count). The molecule has 0 N–H and O–H groups in total. The van der Waals surface area contributed by atoms with E-state index in [4.69, 9.17) is 0 Å². The molecular weight excluding hydrogens is 285 g/mol. The number of carbonyl (C=O) groups excluding carboxylic acids is 2. The smallest absolute Gasteiger partial charge is 0.261 e. The van der Waals surface area contributed by atoms with Crippen molar-refractivity contribution in [3.8, 4) is 0 Å². The second-order valence-electron chi connectivity index (χ2n) is 7.50. The number of fused-ring (bicyclic) bond motifs is 3. The summed E-state index contributed by atoms with van der Waals surface area (Å²) in [5.74, 6) is 1.72. The summed E-state index contributed by atoms with van der Waals surface area (Å²) < 4.78 is 0. The van der Waals surface area contributed by atoms with Crippen molar-refractivity contribution in [2.24, 2.45) is 0 Å². The molecule has 2 bridgehead atoms. The summed E-state index contributed by atoms with van der Waals surface area (Å²) >= 11 is 0. The van der Waals surface area contributed by atoms with Crippen LogP contribution in [0.2, 0.25) is 18.0 Å². The van der Waals surface area contributed by atoms with Crippen LogP contribution in [0.15, 0.2) is 24.3 Å². The van der Waals surface area contributed by atoms with Crippen LogP contribution in [0, 0.1) is 0 Å². The Morgan fingerprint density at radius 2 is 1.52 bits per heavy atom. The number of imide groups is 1. The van der Waals surface area contributed by atoms with Crippen LogP contribution in [0.3, 0.4) is 0 Å². The summed E-state index contributed by atoms with van der Waals surface area (Å²) in [5.41, 5.74) is 1.14. The Balaban J connectivity index is 1.29. The monoisotopic (exact) mass is 309 g/mol. The van der Waals surface area contributed by atoms with Gasteiger partial charge in [0.05, 0.1) is 11.1 Å². The molecule has 2 amide bonds. The molecule has 23 heavy (non-hydrogen) atoms. The van der Waals surface area contributed by atoms with E-state index < -0.39 is 0 Å². The van der Waals surface area contributed by atoms with E-state index in [1.807, 2.05) is 12.1 Å². The minimum absolute atomic E-state index is 0.108. The lowest BCUT2D eigenvalue weighted by molar-refractivity contribution is 0.0652. The summed E-state index contributed by atoms with van der Waals surface area (Å²) in [7, 11) is 0. The number of amides is 2. The third-order valence-electron chi connectivity index (χ3n) is 6.32. The van der Waals surface area contributed by atoms with E-state index in [1.54, 1.807) is 12.1 Å². The van der Waals surface area contributed by atoms with Crippen LogP contribution in [0.1, 0.15) is 65.7 Å².